The van der Waals surface area contributed by atoms with Gasteiger partial charge >= 0.3 is 0 Å². The van der Waals surface area contributed by atoms with Crippen molar-refractivity contribution in [1.29, 1.82) is 0 Å². The summed E-state index contributed by atoms with van der Waals surface area (Å²) >= 11 is 5.28. The Morgan fingerprint density at radius 1 is 1.57 bits per heavy atom. The van der Waals surface area contributed by atoms with E-state index >= 15 is 0 Å². The highest BCUT2D eigenvalue weighted by atomic mass is 35.5. The van der Waals surface area contributed by atoms with Crippen LogP contribution in [0.4, 0.5) is 0 Å². The minimum Gasteiger partial charge on any atom is -0.297 e. The Bertz CT molecular complexity index is 117. The topological polar surface area (TPSA) is 18.5 Å². The predicted molar refractivity (Wildman–Crippen MR) is 25.2 cm³/mol. The van der Waals surface area contributed by atoms with E-state index in [-0.39, 0.29) is 5.22 Å². The van der Waals surface area contributed by atoms with Crippen molar-refractivity contribution in [3.63, 3.8) is 0 Å². The molecule has 1 aliphatic heterocycles. The fourth-order valence-electron chi connectivity index (χ4n) is 0.249. The lowest BCUT2D eigenvalue weighted by Crippen LogP contribution is -1.85. The van der Waals surface area contributed by atoms with Gasteiger partial charge in [0.25, 0.3) is 0 Å². The standard InChI is InChI=1S/C4H3ClO2/c5-4-2-1-3-6-7-4/h1-3H. The van der Waals surface area contributed by atoms with E-state index in [1.54, 1.807) is 12.2 Å². The molecule has 0 aromatic heterocycles. The van der Waals surface area contributed by atoms with Crippen LogP contribution >= 0.6 is 11.6 Å². The van der Waals surface area contributed by atoms with Gasteiger partial charge in [-0.2, -0.15) is 0 Å². The minimum atomic E-state index is 0.252. The van der Waals surface area contributed by atoms with E-state index in [0.29, 0.717) is 0 Å². The fourth-order valence-corrected chi connectivity index (χ4v) is 0.358. The van der Waals surface area contributed by atoms with E-state index in [1.807, 2.05) is 0 Å². The first kappa shape index (κ1) is 4.53. The Balaban J connectivity index is 2.57. The molecule has 0 aliphatic carbocycles. The lowest BCUT2D eigenvalue weighted by Gasteiger charge is -2.00. The molecule has 0 atom stereocenters. The van der Waals surface area contributed by atoms with Gasteiger partial charge in [-0.25, -0.2) is 0 Å². The molecule has 0 aromatic carbocycles. The summed E-state index contributed by atoms with van der Waals surface area (Å²) in [7, 11) is 0. The lowest BCUT2D eigenvalue weighted by atomic mass is 10.6. The zero-order valence-electron chi connectivity index (χ0n) is 3.43. The van der Waals surface area contributed by atoms with Gasteiger partial charge in [0.15, 0.2) is 0 Å². The van der Waals surface area contributed by atoms with Gasteiger partial charge < -0.3 is 0 Å². The summed E-state index contributed by atoms with van der Waals surface area (Å²) in [6, 6.07) is 0. The van der Waals surface area contributed by atoms with Gasteiger partial charge in [-0.1, -0.05) is 0 Å². The van der Waals surface area contributed by atoms with E-state index in [9.17, 15) is 0 Å². The third-order valence-electron chi connectivity index (χ3n) is 0.489. The Hall–Kier alpha value is -0.630. The first-order valence-corrected chi connectivity index (χ1v) is 2.13. The normalized spacial score (nSPS) is 17.0. The summed E-state index contributed by atoms with van der Waals surface area (Å²) in [4.78, 5) is 8.62. The molecule has 1 rings (SSSR count). The van der Waals surface area contributed by atoms with Crippen LogP contribution in [0.1, 0.15) is 0 Å². The van der Waals surface area contributed by atoms with E-state index in [4.69, 9.17) is 11.6 Å². The lowest BCUT2D eigenvalue weighted by molar-refractivity contribution is -0.204. The van der Waals surface area contributed by atoms with Gasteiger partial charge in [-0.05, 0) is 17.7 Å². The van der Waals surface area contributed by atoms with Gasteiger partial charge in [0.1, 0.15) is 6.26 Å². The Labute approximate surface area is 45.9 Å². The van der Waals surface area contributed by atoms with Crippen molar-refractivity contribution in [2.75, 3.05) is 0 Å². The molecule has 0 N–H and O–H groups in total. The van der Waals surface area contributed by atoms with Gasteiger partial charge in [0.05, 0.1) is 0 Å². The second-order valence-electron chi connectivity index (χ2n) is 0.979. The van der Waals surface area contributed by atoms with Gasteiger partial charge in [-0.15, -0.1) is 0 Å². The highest BCUT2D eigenvalue weighted by Gasteiger charge is 1.92. The van der Waals surface area contributed by atoms with Crippen LogP contribution in [-0.4, -0.2) is 0 Å². The highest BCUT2D eigenvalue weighted by Crippen LogP contribution is 2.07. The Kier molecular flexibility index (Phi) is 1.22. The number of hydrogen-bond donors (Lipinski definition) is 0. The van der Waals surface area contributed by atoms with Crippen LogP contribution in [0.25, 0.3) is 0 Å². The number of rotatable bonds is 0. The van der Waals surface area contributed by atoms with E-state index in [1.165, 1.54) is 6.26 Å². The summed E-state index contributed by atoms with van der Waals surface area (Å²) in [5.74, 6) is 0. The summed E-state index contributed by atoms with van der Waals surface area (Å²) in [6.45, 7) is 0. The first-order valence-electron chi connectivity index (χ1n) is 1.75. The maximum Gasteiger partial charge on any atom is 0.245 e. The number of hydrogen-bond acceptors (Lipinski definition) is 2. The largest absolute Gasteiger partial charge is 0.297 e. The number of halogens is 1. The van der Waals surface area contributed by atoms with Crippen molar-refractivity contribution in [3.05, 3.63) is 23.6 Å². The van der Waals surface area contributed by atoms with Crippen molar-refractivity contribution < 1.29 is 9.78 Å². The fraction of sp³-hybridized carbons (Fsp3) is 0. The average Bonchev–Trinajstić information content (AvgIpc) is 1.69. The van der Waals surface area contributed by atoms with Crippen LogP contribution in [0.2, 0.25) is 0 Å². The van der Waals surface area contributed by atoms with Crippen molar-refractivity contribution in [2.45, 2.75) is 0 Å². The van der Waals surface area contributed by atoms with Crippen LogP contribution in [0.5, 0.6) is 0 Å². The zero-order valence-corrected chi connectivity index (χ0v) is 4.18. The smallest absolute Gasteiger partial charge is 0.245 e. The van der Waals surface area contributed by atoms with E-state index in [0.717, 1.165) is 0 Å². The SMILES string of the molecule is ClC1=CC=COO1. The summed E-state index contributed by atoms with van der Waals surface area (Å²) in [5.41, 5.74) is 0. The van der Waals surface area contributed by atoms with Gasteiger partial charge in [0, 0.05) is 6.08 Å². The number of allylic oxidation sites excluding steroid dienone is 2. The van der Waals surface area contributed by atoms with Gasteiger partial charge in [-0.3, -0.25) is 9.78 Å². The molecule has 1 heterocycles. The molecule has 0 saturated carbocycles. The monoisotopic (exact) mass is 118 g/mol. The molecule has 3 heteroatoms. The van der Waals surface area contributed by atoms with E-state index in [2.05, 4.69) is 9.78 Å². The molecular formula is C4H3ClO2. The van der Waals surface area contributed by atoms with E-state index < -0.39 is 0 Å². The summed E-state index contributed by atoms with van der Waals surface area (Å²) in [6.07, 6.45) is 4.63. The van der Waals surface area contributed by atoms with Crippen molar-refractivity contribution in [1.82, 2.24) is 0 Å². The average molecular weight is 119 g/mol. The molecule has 0 spiro atoms. The molecule has 7 heavy (non-hydrogen) atoms. The molecule has 0 amide bonds. The van der Waals surface area contributed by atoms with Crippen LogP contribution in [0.15, 0.2) is 23.6 Å². The van der Waals surface area contributed by atoms with Crippen LogP contribution in [0, 0.1) is 0 Å². The Morgan fingerprint density at radius 3 is 2.71 bits per heavy atom. The quantitative estimate of drug-likeness (QED) is 0.449. The van der Waals surface area contributed by atoms with Crippen LogP contribution in [-0.2, 0) is 9.78 Å². The molecule has 0 bridgehead atoms. The molecule has 1 aliphatic rings. The Morgan fingerprint density at radius 2 is 2.43 bits per heavy atom. The van der Waals surface area contributed by atoms with Crippen LogP contribution in [0.3, 0.4) is 0 Å². The molecular weight excluding hydrogens is 115 g/mol. The second-order valence-corrected chi connectivity index (χ2v) is 1.35. The highest BCUT2D eigenvalue weighted by molar-refractivity contribution is 6.28. The molecule has 0 fully saturated rings. The molecule has 0 aromatic rings. The van der Waals surface area contributed by atoms with Gasteiger partial charge in [0.2, 0.25) is 5.22 Å². The zero-order chi connectivity index (χ0) is 5.11. The molecule has 2 nitrogen and oxygen atoms in total. The molecule has 0 unspecified atom stereocenters. The first-order chi connectivity index (χ1) is 3.39. The summed E-state index contributed by atoms with van der Waals surface area (Å²) < 4.78 is 0. The molecule has 0 radical (unpaired) electrons. The minimum absolute atomic E-state index is 0.252. The predicted octanol–water partition coefficient (Wildman–Crippen LogP) is 1.54. The molecule has 0 saturated heterocycles. The summed E-state index contributed by atoms with van der Waals surface area (Å²) in [5, 5.41) is 0.252. The van der Waals surface area contributed by atoms with Crippen molar-refractivity contribution in [3.8, 4) is 0 Å². The third kappa shape index (κ3) is 1.12. The second kappa shape index (κ2) is 1.89. The maximum absolute atomic E-state index is 5.28. The third-order valence-corrected chi connectivity index (χ3v) is 0.678. The van der Waals surface area contributed by atoms with Crippen LogP contribution < -0.4 is 0 Å². The van der Waals surface area contributed by atoms with Crippen molar-refractivity contribution in [2.24, 2.45) is 0 Å². The van der Waals surface area contributed by atoms with Crippen molar-refractivity contribution >= 4 is 11.6 Å². The maximum atomic E-state index is 5.28. The molecule has 38 valence electrons.